The van der Waals surface area contributed by atoms with Crippen LogP contribution in [0.2, 0.25) is 0 Å². The number of carbonyl (C=O) groups is 1. The van der Waals surface area contributed by atoms with E-state index in [1.54, 1.807) is 12.4 Å². The first-order valence-corrected chi connectivity index (χ1v) is 12.6. The lowest BCUT2D eigenvalue weighted by atomic mass is 10.0. The summed E-state index contributed by atoms with van der Waals surface area (Å²) in [5.74, 6) is 1.53. The first-order valence-electron chi connectivity index (χ1n) is 12.6. The van der Waals surface area contributed by atoms with Crippen molar-refractivity contribution in [2.45, 2.75) is 31.9 Å². The van der Waals surface area contributed by atoms with Gasteiger partial charge in [0.1, 0.15) is 23.3 Å². The molecule has 0 aromatic carbocycles. The average molecular weight is 499 g/mol. The van der Waals surface area contributed by atoms with Crippen molar-refractivity contribution in [1.29, 1.82) is 0 Å². The summed E-state index contributed by atoms with van der Waals surface area (Å²) < 4.78 is 13.6. The summed E-state index contributed by atoms with van der Waals surface area (Å²) in [7, 11) is 5.98. The predicted octanol–water partition coefficient (Wildman–Crippen LogP) is 4.13. The second-order valence-electron chi connectivity index (χ2n) is 9.93. The number of fused-ring (bicyclic) bond motifs is 2. The molecule has 0 radical (unpaired) electrons. The minimum absolute atomic E-state index is 0.0448. The van der Waals surface area contributed by atoms with Crippen LogP contribution < -0.4 is 10.1 Å². The molecule has 4 aromatic heterocycles. The Kier molecular flexibility index (Phi) is 6.10. The lowest BCUT2D eigenvalue weighted by Crippen LogP contribution is -2.19. The number of ketones is 1. The zero-order chi connectivity index (χ0) is 25.5. The highest BCUT2D eigenvalue weighted by Crippen LogP contribution is 2.38. The molecular formula is C28H30N6O3. The topological polar surface area (TPSA) is 94.4 Å². The fourth-order valence-corrected chi connectivity index (χ4v) is 5.18. The van der Waals surface area contributed by atoms with E-state index in [0.717, 1.165) is 52.3 Å². The average Bonchev–Trinajstić information content (AvgIpc) is 3.62. The van der Waals surface area contributed by atoms with Crippen molar-refractivity contribution in [3.05, 3.63) is 59.7 Å². The molecule has 1 aliphatic carbocycles. The van der Waals surface area contributed by atoms with Crippen LogP contribution in [0.1, 0.15) is 34.5 Å². The Labute approximate surface area is 215 Å². The fourth-order valence-electron chi connectivity index (χ4n) is 5.18. The third-order valence-electron chi connectivity index (χ3n) is 6.93. The Morgan fingerprint density at radius 3 is 2.89 bits per heavy atom. The maximum Gasteiger partial charge on any atom is 0.165 e. The molecular weight excluding hydrogens is 468 g/mol. The van der Waals surface area contributed by atoms with Gasteiger partial charge in [-0.3, -0.25) is 9.78 Å². The van der Waals surface area contributed by atoms with Crippen LogP contribution in [0.3, 0.4) is 0 Å². The highest BCUT2D eigenvalue weighted by Gasteiger charge is 2.28. The molecule has 9 nitrogen and oxygen atoms in total. The highest BCUT2D eigenvalue weighted by molar-refractivity contribution is 6.08. The van der Waals surface area contributed by atoms with Crippen molar-refractivity contribution in [2.24, 2.45) is 7.05 Å². The van der Waals surface area contributed by atoms with Gasteiger partial charge in [0.05, 0.1) is 36.5 Å². The number of carbonyl (C=O) groups excluding carboxylic acids is 1. The first kappa shape index (κ1) is 23.6. The smallest absolute Gasteiger partial charge is 0.165 e. The van der Waals surface area contributed by atoms with Gasteiger partial charge in [-0.25, -0.2) is 9.97 Å². The standard InChI is InChI=1S/C28H30N6O3/c1-33(2)15-22-24(37-17-10-13-36-16-17)6-7-25(32-22)31-21-14-30-27(20-4-5-23(35)26(20)21)18-8-11-29-28-19(18)9-12-34(28)3/h6-9,11-12,14,17H,4-5,10,13,15-16H2,1-3H3,(H,31,32)/t17-/m1/s1. The van der Waals surface area contributed by atoms with Gasteiger partial charge in [0.25, 0.3) is 0 Å². The van der Waals surface area contributed by atoms with E-state index in [1.165, 1.54) is 0 Å². The van der Waals surface area contributed by atoms with Gasteiger partial charge in [0.15, 0.2) is 5.78 Å². The van der Waals surface area contributed by atoms with Gasteiger partial charge in [0, 0.05) is 55.3 Å². The molecule has 4 aromatic rings. The van der Waals surface area contributed by atoms with Gasteiger partial charge in [-0.2, -0.15) is 0 Å². The second-order valence-corrected chi connectivity index (χ2v) is 9.93. The minimum Gasteiger partial charge on any atom is -0.486 e. The Bertz CT molecular complexity index is 1490. The molecule has 1 saturated heterocycles. The van der Waals surface area contributed by atoms with Crippen LogP contribution in [0.4, 0.5) is 11.5 Å². The molecule has 6 rings (SSSR count). The first-order chi connectivity index (χ1) is 18.0. The number of ether oxygens (including phenoxy) is 2. The summed E-state index contributed by atoms with van der Waals surface area (Å²) in [4.78, 5) is 29.3. The normalized spacial score (nSPS) is 17.1. The highest BCUT2D eigenvalue weighted by atomic mass is 16.5. The number of aromatic nitrogens is 4. The summed E-state index contributed by atoms with van der Waals surface area (Å²) in [6.45, 7) is 1.94. The number of rotatable bonds is 7. The molecule has 1 N–H and O–H groups in total. The predicted molar refractivity (Wildman–Crippen MR) is 141 cm³/mol. The van der Waals surface area contributed by atoms with E-state index in [-0.39, 0.29) is 11.9 Å². The number of nitrogens with zero attached hydrogens (tertiary/aromatic N) is 5. The summed E-state index contributed by atoms with van der Waals surface area (Å²) in [5, 5.41) is 4.41. The Balaban J connectivity index is 1.36. The maximum absolute atomic E-state index is 13.0. The number of hydrogen-bond acceptors (Lipinski definition) is 8. The van der Waals surface area contributed by atoms with Crippen molar-refractivity contribution in [1.82, 2.24) is 24.4 Å². The Hall–Kier alpha value is -3.82. The fraction of sp³-hybridized carbons (Fsp3) is 0.357. The molecule has 2 aliphatic rings. The monoisotopic (exact) mass is 498 g/mol. The number of Topliss-reactive ketones (excluding diaryl/α,β-unsaturated/α-hetero) is 1. The van der Waals surface area contributed by atoms with Crippen LogP contribution in [0.15, 0.2) is 42.9 Å². The van der Waals surface area contributed by atoms with Crippen molar-refractivity contribution >= 4 is 28.3 Å². The molecule has 1 aliphatic heterocycles. The zero-order valence-electron chi connectivity index (χ0n) is 21.3. The van der Waals surface area contributed by atoms with E-state index in [0.29, 0.717) is 43.1 Å². The number of aryl methyl sites for hydroxylation is 1. The van der Waals surface area contributed by atoms with Crippen LogP contribution in [0.25, 0.3) is 22.3 Å². The summed E-state index contributed by atoms with van der Waals surface area (Å²) in [5.41, 5.74) is 5.91. The van der Waals surface area contributed by atoms with E-state index in [1.807, 2.05) is 56.2 Å². The van der Waals surface area contributed by atoms with Crippen LogP contribution in [-0.2, 0) is 24.8 Å². The SMILES string of the molecule is CN(C)Cc1nc(Nc2cnc(-c3ccnc4c3ccn4C)c3c2C(=O)CC3)ccc1O[C@@H]1CCOC1. The summed E-state index contributed by atoms with van der Waals surface area (Å²) >= 11 is 0. The minimum atomic E-state index is 0.0448. The largest absolute Gasteiger partial charge is 0.486 e. The molecule has 9 heteroatoms. The molecule has 0 unspecified atom stereocenters. The van der Waals surface area contributed by atoms with E-state index in [9.17, 15) is 4.79 Å². The van der Waals surface area contributed by atoms with Crippen molar-refractivity contribution in [2.75, 3.05) is 32.6 Å². The van der Waals surface area contributed by atoms with Crippen molar-refractivity contribution < 1.29 is 14.3 Å². The molecule has 5 heterocycles. The molecule has 37 heavy (non-hydrogen) atoms. The lowest BCUT2D eigenvalue weighted by molar-refractivity contribution is 0.0995. The summed E-state index contributed by atoms with van der Waals surface area (Å²) in [6.07, 6.45) is 7.60. The van der Waals surface area contributed by atoms with Gasteiger partial charge >= 0.3 is 0 Å². The number of hydrogen-bond donors (Lipinski definition) is 1. The van der Waals surface area contributed by atoms with E-state index in [2.05, 4.69) is 15.2 Å². The zero-order valence-corrected chi connectivity index (χ0v) is 21.3. The Morgan fingerprint density at radius 2 is 2.08 bits per heavy atom. The van der Waals surface area contributed by atoms with E-state index in [4.69, 9.17) is 19.4 Å². The van der Waals surface area contributed by atoms with Gasteiger partial charge < -0.3 is 24.3 Å². The van der Waals surface area contributed by atoms with Crippen LogP contribution in [0.5, 0.6) is 5.75 Å². The number of pyridine rings is 3. The number of nitrogens with one attached hydrogen (secondary N) is 1. The van der Waals surface area contributed by atoms with E-state index >= 15 is 0 Å². The third kappa shape index (κ3) is 4.45. The molecule has 190 valence electrons. The molecule has 1 fully saturated rings. The molecule has 0 bridgehead atoms. The van der Waals surface area contributed by atoms with Crippen molar-refractivity contribution in [3.63, 3.8) is 0 Å². The maximum atomic E-state index is 13.0. The molecule has 0 spiro atoms. The van der Waals surface area contributed by atoms with Gasteiger partial charge in [-0.05, 0) is 50.3 Å². The van der Waals surface area contributed by atoms with E-state index < -0.39 is 0 Å². The Morgan fingerprint density at radius 1 is 1.19 bits per heavy atom. The van der Waals surface area contributed by atoms with Gasteiger partial charge in [-0.1, -0.05) is 0 Å². The molecule has 0 amide bonds. The molecule has 0 saturated carbocycles. The third-order valence-corrected chi connectivity index (χ3v) is 6.93. The van der Waals surface area contributed by atoms with Gasteiger partial charge in [0.2, 0.25) is 0 Å². The molecule has 1 atom stereocenters. The summed E-state index contributed by atoms with van der Waals surface area (Å²) in [6, 6.07) is 7.86. The quantitative estimate of drug-likeness (QED) is 0.407. The number of anilines is 2. The lowest BCUT2D eigenvalue weighted by Gasteiger charge is -2.19. The van der Waals surface area contributed by atoms with Crippen LogP contribution in [-0.4, -0.2) is 63.6 Å². The van der Waals surface area contributed by atoms with Crippen LogP contribution >= 0.6 is 0 Å². The second kappa shape index (κ2) is 9.57. The van der Waals surface area contributed by atoms with Crippen LogP contribution in [0, 0.1) is 0 Å². The van der Waals surface area contributed by atoms with Gasteiger partial charge in [-0.15, -0.1) is 0 Å². The van der Waals surface area contributed by atoms with Crippen molar-refractivity contribution in [3.8, 4) is 17.0 Å².